The number of pyridine rings is 1. The van der Waals surface area contributed by atoms with E-state index in [-0.39, 0.29) is 24.1 Å². The van der Waals surface area contributed by atoms with Gasteiger partial charge >= 0.3 is 6.18 Å². The summed E-state index contributed by atoms with van der Waals surface area (Å²) in [4.78, 5) is 13.6. The van der Waals surface area contributed by atoms with Crippen LogP contribution in [0.1, 0.15) is 59.3 Å². The largest absolute Gasteiger partial charge is 0.416 e. The number of benzene rings is 2. The van der Waals surface area contributed by atoms with Gasteiger partial charge in [-0.3, -0.25) is 9.36 Å². The minimum absolute atomic E-state index is 0.176. The van der Waals surface area contributed by atoms with E-state index in [1.54, 1.807) is 18.4 Å². The Balaban J connectivity index is 1.95. The Morgan fingerprint density at radius 1 is 1.03 bits per heavy atom. The van der Waals surface area contributed by atoms with E-state index in [0.717, 1.165) is 23.8 Å². The first-order valence-electron chi connectivity index (χ1n) is 11.4. The molecule has 2 unspecified atom stereocenters. The van der Waals surface area contributed by atoms with Crippen molar-refractivity contribution in [3.8, 4) is 0 Å². The molecule has 1 aliphatic heterocycles. The van der Waals surface area contributed by atoms with Crippen LogP contribution in [0.2, 0.25) is 0 Å². The van der Waals surface area contributed by atoms with Crippen molar-refractivity contribution in [1.82, 2.24) is 9.88 Å². The zero-order valence-corrected chi connectivity index (χ0v) is 21.1. The molecule has 0 saturated heterocycles. The van der Waals surface area contributed by atoms with Crippen LogP contribution in [-0.2, 0) is 12.6 Å². The summed E-state index contributed by atoms with van der Waals surface area (Å²) >= 11 is 1.46. The highest BCUT2D eigenvalue weighted by molar-refractivity contribution is 8.00. The van der Waals surface area contributed by atoms with Gasteiger partial charge in [-0.05, 0) is 63.6 Å². The zero-order chi connectivity index (χ0) is 25.7. The molecule has 0 amide bonds. The number of thioether (sulfide) groups is 1. The van der Waals surface area contributed by atoms with Gasteiger partial charge < -0.3 is 5.32 Å². The van der Waals surface area contributed by atoms with Gasteiger partial charge in [0.1, 0.15) is 5.82 Å². The van der Waals surface area contributed by atoms with Crippen molar-refractivity contribution in [3.63, 3.8) is 0 Å². The summed E-state index contributed by atoms with van der Waals surface area (Å²) in [5.41, 5.74) is 1.05. The highest BCUT2D eigenvalue weighted by atomic mass is 32.2. The van der Waals surface area contributed by atoms with E-state index in [2.05, 4.69) is 5.32 Å². The average molecular weight is 505 g/mol. The van der Waals surface area contributed by atoms with Gasteiger partial charge in [-0.2, -0.15) is 13.2 Å². The molecule has 1 aliphatic rings. The topological polar surface area (TPSA) is 34.0 Å². The SMILES string of the molecule is CNC(c1ccccc1)C1n2c(c(Cc3c(F)cccc3C(F)(F)F)c(C)c(C)c2=O)SC1(C)C. The fourth-order valence-corrected chi connectivity index (χ4v) is 6.56. The Morgan fingerprint density at radius 3 is 2.29 bits per heavy atom. The minimum Gasteiger partial charge on any atom is -0.311 e. The number of alkyl halides is 3. The number of likely N-dealkylation sites (N-methyl/N-ethyl adjacent to an activating group) is 1. The van der Waals surface area contributed by atoms with Crippen LogP contribution in [0.25, 0.3) is 0 Å². The van der Waals surface area contributed by atoms with Crippen LogP contribution in [0, 0.1) is 19.7 Å². The van der Waals surface area contributed by atoms with Gasteiger partial charge in [0.05, 0.1) is 22.7 Å². The summed E-state index contributed by atoms with van der Waals surface area (Å²) in [6.07, 6.45) is -4.94. The van der Waals surface area contributed by atoms with Crippen molar-refractivity contribution < 1.29 is 17.6 Å². The molecule has 186 valence electrons. The number of halogens is 4. The van der Waals surface area contributed by atoms with Gasteiger partial charge in [0, 0.05) is 22.3 Å². The lowest BCUT2D eigenvalue weighted by Crippen LogP contribution is -2.41. The van der Waals surface area contributed by atoms with E-state index >= 15 is 0 Å². The summed E-state index contributed by atoms with van der Waals surface area (Å²) in [6, 6.07) is 12.3. The van der Waals surface area contributed by atoms with Crippen molar-refractivity contribution in [1.29, 1.82) is 0 Å². The molecule has 1 N–H and O–H groups in total. The van der Waals surface area contributed by atoms with Crippen LogP contribution in [0.3, 0.4) is 0 Å². The lowest BCUT2D eigenvalue weighted by Gasteiger charge is -2.34. The number of rotatable bonds is 5. The lowest BCUT2D eigenvalue weighted by molar-refractivity contribution is -0.138. The van der Waals surface area contributed by atoms with E-state index in [1.165, 1.54) is 11.8 Å². The van der Waals surface area contributed by atoms with Gasteiger partial charge in [-0.15, -0.1) is 0 Å². The third-order valence-electron chi connectivity index (χ3n) is 6.95. The Hall–Kier alpha value is -2.58. The average Bonchev–Trinajstić information content (AvgIpc) is 3.07. The molecule has 0 saturated carbocycles. The van der Waals surface area contributed by atoms with Crippen molar-refractivity contribution in [2.45, 2.75) is 62.1 Å². The smallest absolute Gasteiger partial charge is 0.311 e. The molecule has 3 nitrogen and oxygen atoms in total. The molecule has 2 heterocycles. The zero-order valence-electron chi connectivity index (χ0n) is 20.3. The molecule has 0 spiro atoms. The third-order valence-corrected chi connectivity index (χ3v) is 8.35. The van der Waals surface area contributed by atoms with E-state index in [0.29, 0.717) is 21.7 Å². The molecule has 0 bridgehead atoms. The lowest BCUT2D eigenvalue weighted by atomic mass is 9.89. The number of fused-ring (bicyclic) bond motifs is 1. The van der Waals surface area contributed by atoms with Crippen molar-refractivity contribution in [2.24, 2.45) is 0 Å². The molecule has 8 heteroatoms. The van der Waals surface area contributed by atoms with Crippen LogP contribution < -0.4 is 10.9 Å². The first-order valence-corrected chi connectivity index (χ1v) is 12.2. The highest BCUT2D eigenvalue weighted by Gasteiger charge is 2.47. The van der Waals surface area contributed by atoms with Crippen molar-refractivity contribution >= 4 is 11.8 Å². The number of hydrogen-bond acceptors (Lipinski definition) is 3. The number of aromatic nitrogens is 1. The molecule has 2 aromatic carbocycles. The number of hydrogen-bond donors (Lipinski definition) is 1. The molecule has 0 radical (unpaired) electrons. The standard InChI is InChI=1S/C27H28F4N2OS/c1-15-16(2)24(34)33-23(22(32-5)17-10-7-6-8-11-17)26(3,4)35-25(33)18(15)14-19-20(27(29,30)31)12-9-13-21(19)28/h6-13,22-23,32H,14H2,1-5H3. The van der Waals surface area contributed by atoms with Gasteiger partial charge in [-0.25, -0.2) is 4.39 Å². The molecule has 1 aromatic heterocycles. The first kappa shape index (κ1) is 25.5. The normalized spacial score (nSPS) is 17.9. The second-order valence-electron chi connectivity index (χ2n) is 9.48. The van der Waals surface area contributed by atoms with Crippen molar-refractivity contribution in [2.75, 3.05) is 7.05 Å². The molecule has 35 heavy (non-hydrogen) atoms. The number of nitrogens with zero attached hydrogens (tertiary/aromatic N) is 1. The minimum atomic E-state index is -4.69. The van der Waals surface area contributed by atoms with Crippen LogP contribution in [-0.4, -0.2) is 16.4 Å². The van der Waals surface area contributed by atoms with Crippen LogP contribution in [0.4, 0.5) is 17.6 Å². The molecular weight excluding hydrogens is 476 g/mol. The maximum atomic E-state index is 14.8. The Labute approximate surface area is 206 Å². The molecule has 0 aliphatic carbocycles. The quantitative estimate of drug-likeness (QED) is 0.398. The van der Waals surface area contributed by atoms with E-state index in [1.807, 2.05) is 51.2 Å². The van der Waals surface area contributed by atoms with Crippen LogP contribution >= 0.6 is 11.8 Å². The second kappa shape index (κ2) is 9.13. The fraction of sp³-hybridized carbons (Fsp3) is 0.370. The fourth-order valence-electron chi connectivity index (χ4n) is 5.06. The summed E-state index contributed by atoms with van der Waals surface area (Å²) in [6.45, 7) is 7.47. The third kappa shape index (κ3) is 4.42. The van der Waals surface area contributed by atoms with Gasteiger partial charge in [0.15, 0.2) is 0 Å². The molecular formula is C27H28F4N2OS. The maximum Gasteiger partial charge on any atom is 0.416 e. The van der Waals surface area contributed by atoms with Gasteiger partial charge in [0.2, 0.25) is 0 Å². The first-order chi connectivity index (χ1) is 16.4. The summed E-state index contributed by atoms with van der Waals surface area (Å²) in [5.74, 6) is -0.905. The predicted octanol–water partition coefficient (Wildman–Crippen LogP) is 6.60. The summed E-state index contributed by atoms with van der Waals surface area (Å²) < 4.78 is 57.2. The van der Waals surface area contributed by atoms with Crippen LogP contribution in [0.5, 0.6) is 0 Å². The predicted molar refractivity (Wildman–Crippen MR) is 132 cm³/mol. The molecule has 3 aromatic rings. The van der Waals surface area contributed by atoms with E-state index < -0.39 is 27.9 Å². The van der Waals surface area contributed by atoms with Gasteiger partial charge in [-0.1, -0.05) is 48.2 Å². The van der Waals surface area contributed by atoms with E-state index in [9.17, 15) is 22.4 Å². The Kier molecular flexibility index (Phi) is 6.66. The highest BCUT2D eigenvalue weighted by Crippen LogP contribution is 2.54. The molecule has 4 rings (SSSR count). The maximum absolute atomic E-state index is 14.8. The Morgan fingerprint density at radius 2 is 1.69 bits per heavy atom. The molecule has 0 fully saturated rings. The van der Waals surface area contributed by atoms with Gasteiger partial charge in [0.25, 0.3) is 5.56 Å². The summed E-state index contributed by atoms with van der Waals surface area (Å²) in [5, 5.41) is 3.94. The number of nitrogens with one attached hydrogen (secondary N) is 1. The summed E-state index contributed by atoms with van der Waals surface area (Å²) in [7, 11) is 1.83. The van der Waals surface area contributed by atoms with Crippen molar-refractivity contribution in [3.05, 3.63) is 98.1 Å². The molecule has 2 atom stereocenters. The monoisotopic (exact) mass is 504 g/mol. The second-order valence-corrected chi connectivity index (χ2v) is 11.1. The van der Waals surface area contributed by atoms with E-state index in [4.69, 9.17) is 0 Å². The van der Waals surface area contributed by atoms with Crippen LogP contribution in [0.15, 0.2) is 58.4 Å². The Bertz CT molecular complexity index is 1320.